The van der Waals surface area contributed by atoms with Crippen LogP contribution in [0.1, 0.15) is 5.56 Å². The van der Waals surface area contributed by atoms with Crippen LogP contribution in [-0.4, -0.2) is 53.6 Å². The van der Waals surface area contributed by atoms with Crippen molar-refractivity contribution in [2.24, 2.45) is 0 Å². The molecule has 3 rings (SSSR count). The van der Waals surface area contributed by atoms with Crippen molar-refractivity contribution < 1.29 is 29.0 Å². The maximum Gasteiger partial charge on any atom is 0.329 e. The summed E-state index contributed by atoms with van der Waals surface area (Å²) >= 11 is 1.22. The third-order valence-electron chi connectivity index (χ3n) is 3.76. The van der Waals surface area contributed by atoms with Crippen LogP contribution >= 0.6 is 11.3 Å². The Morgan fingerprint density at radius 2 is 2.00 bits per heavy atom. The Kier molecular flexibility index (Phi) is 5.45. The molecule has 146 valence electrons. The average Bonchev–Trinajstić information content (AvgIpc) is 3.26. The van der Waals surface area contributed by atoms with Gasteiger partial charge in [-0.15, -0.1) is 11.3 Å². The number of imide groups is 1. The van der Waals surface area contributed by atoms with Gasteiger partial charge in [0.15, 0.2) is 16.6 Å². The van der Waals surface area contributed by atoms with Gasteiger partial charge in [-0.2, -0.15) is 0 Å². The van der Waals surface area contributed by atoms with Crippen molar-refractivity contribution in [1.29, 1.82) is 0 Å². The number of carbonyl (C=O) groups is 3. The van der Waals surface area contributed by atoms with E-state index in [1.54, 1.807) is 5.38 Å². The molecule has 4 amide bonds. The number of nitrogens with one attached hydrogen (secondary N) is 2. The maximum atomic E-state index is 12.5. The Bertz CT molecular complexity index is 932. The van der Waals surface area contributed by atoms with Crippen LogP contribution in [0.4, 0.5) is 9.93 Å². The number of rotatable bonds is 6. The summed E-state index contributed by atoms with van der Waals surface area (Å²) in [6, 6.07) is 2.23. The summed E-state index contributed by atoms with van der Waals surface area (Å²) < 4.78 is 10.1. The van der Waals surface area contributed by atoms with Crippen LogP contribution in [0.15, 0.2) is 29.4 Å². The number of phenols is 1. The number of anilines is 1. The van der Waals surface area contributed by atoms with Gasteiger partial charge in [-0.05, 0) is 23.8 Å². The third kappa shape index (κ3) is 3.88. The fraction of sp³-hybridized carbons (Fsp3) is 0.176. The molecule has 0 saturated carbocycles. The molecule has 28 heavy (non-hydrogen) atoms. The Labute approximate surface area is 163 Å². The van der Waals surface area contributed by atoms with Crippen LogP contribution < -0.4 is 20.1 Å². The van der Waals surface area contributed by atoms with Gasteiger partial charge in [-0.25, -0.2) is 14.7 Å². The highest BCUT2D eigenvalue weighted by molar-refractivity contribution is 7.13. The summed E-state index contributed by atoms with van der Waals surface area (Å²) in [4.78, 5) is 41.3. The molecule has 1 aromatic carbocycles. The van der Waals surface area contributed by atoms with E-state index in [9.17, 15) is 19.5 Å². The molecule has 0 spiro atoms. The molecule has 2 aromatic rings. The SMILES string of the molecule is COc1cc(/C=C2\NC(=O)N(CC(=O)Nc3nccs3)C2=O)cc(OC)c1O. The molecule has 1 aromatic heterocycles. The Morgan fingerprint density at radius 1 is 1.32 bits per heavy atom. The molecule has 1 saturated heterocycles. The van der Waals surface area contributed by atoms with Crippen LogP contribution in [-0.2, 0) is 9.59 Å². The highest BCUT2D eigenvalue weighted by atomic mass is 32.1. The van der Waals surface area contributed by atoms with Crippen molar-refractivity contribution in [3.05, 3.63) is 35.0 Å². The minimum atomic E-state index is -0.719. The second-order valence-corrected chi connectivity index (χ2v) is 6.43. The van der Waals surface area contributed by atoms with Gasteiger partial charge >= 0.3 is 6.03 Å². The first kappa shape index (κ1) is 19.2. The Balaban J connectivity index is 1.78. The van der Waals surface area contributed by atoms with E-state index < -0.39 is 24.4 Å². The van der Waals surface area contributed by atoms with E-state index in [-0.39, 0.29) is 22.9 Å². The summed E-state index contributed by atoms with van der Waals surface area (Å²) in [5.74, 6) is -1.11. The number of phenolic OH excluding ortho intramolecular Hbond substituents is 1. The second kappa shape index (κ2) is 7.96. The number of nitrogens with zero attached hydrogens (tertiary/aromatic N) is 2. The highest BCUT2D eigenvalue weighted by Gasteiger charge is 2.35. The molecule has 0 radical (unpaired) electrons. The predicted octanol–water partition coefficient (Wildman–Crippen LogP) is 1.40. The third-order valence-corrected chi connectivity index (χ3v) is 4.44. The van der Waals surface area contributed by atoms with Crippen molar-refractivity contribution in [2.45, 2.75) is 0 Å². The van der Waals surface area contributed by atoms with E-state index >= 15 is 0 Å². The monoisotopic (exact) mass is 404 g/mol. The number of benzene rings is 1. The Hall–Kier alpha value is -3.60. The van der Waals surface area contributed by atoms with Gasteiger partial charge in [0.05, 0.1) is 14.2 Å². The van der Waals surface area contributed by atoms with Gasteiger partial charge in [0.2, 0.25) is 11.7 Å². The lowest BCUT2D eigenvalue weighted by molar-refractivity contribution is -0.127. The lowest BCUT2D eigenvalue weighted by Gasteiger charge is -2.11. The maximum absolute atomic E-state index is 12.5. The van der Waals surface area contributed by atoms with Crippen molar-refractivity contribution in [2.75, 3.05) is 26.1 Å². The van der Waals surface area contributed by atoms with E-state index in [1.807, 2.05) is 0 Å². The fourth-order valence-electron chi connectivity index (χ4n) is 2.47. The van der Waals surface area contributed by atoms with Gasteiger partial charge in [0.25, 0.3) is 5.91 Å². The zero-order valence-corrected chi connectivity index (χ0v) is 15.7. The van der Waals surface area contributed by atoms with Crippen molar-refractivity contribution in [3.63, 3.8) is 0 Å². The second-order valence-electron chi connectivity index (χ2n) is 5.54. The largest absolute Gasteiger partial charge is 0.502 e. The summed E-state index contributed by atoms with van der Waals surface area (Å²) in [7, 11) is 2.74. The number of urea groups is 1. The molecular weight excluding hydrogens is 388 g/mol. The van der Waals surface area contributed by atoms with Crippen molar-refractivity contribution in [1.82, 2.24) is 15.2 Å². The number of hydrogen-bond donors (Lipinski definition) is 3. The molecule has 11 heteroatoms. The summed E-state index contributed by atoms with van der Waals surface area (Å²) in [5, 5.41) is 16.9. The lowest BCUT2D eigenvalue weighted by Crippen LogP contribution is -2.38. The predicted molar refractivity (Wildman–Crippen MR) is 100 cm³/mol. The summed E-state index contributed by atoms with van der Waals surface area (Å²) in [5.41, 5.74) is 0.422. The molecule has 10 nitrogen and oxygen atoms in total. The molecule has 0 aliphatic carbocycles. The van der Waals surface area contributed by atoms with Crippen molar-refractivity contribution in [3.8, 4) is 17.2 Å². The minimum absolute atomic E-state index is 0.0261. The molecule has 0 atom stereocenters. The number of aromatic hydroxyl groups is 1. The standard InChI is InChI=1S/C17H16N4O6S/c1-26-11-6-9(7-12(27-2)14(11)23)5-10-15(24)21(17(25)19-10)8-13(22)20-16-18-3-4-28-16/h3-7,23H,8H2,1-2H3,(H,19,25)(H,18,20,22)/b10-5-. The zero-order valence-electron chi connectivity index (χ0n) is 14.9. The summed E-state index contributed by atoms with van der Waals surface area (Å²) in [6.45, 7) is -0.455. The van der Waals surface area contributed by atoms with Gasteiger partial charge in [-0.1, -0.05) is 0 Å². The molecular formula is C17H16N4O6S. The molecule has 1 aliphatic rings. The number of methoxy groups -OCH3 is 2. The minimum Gasteiger partial charge on any atom is -0.502 e. The molecule has 0 bridgehead atoms. The topological polar surface area (TPSA) is 130 Å². The van der Waals surface area contributed by atoms with Crippen LogP contribution in [0, 0.1) is 0 Å². The van der Waals surface area contributed by atoms with E-state index in [2.05, 4.69) is 15.6 Å². The molecule has 1 fully saturated rings. The first-order valence-corrected chi connectivity index (χ1v) is 8.79. The van der Waals surface area contributed by atoms with E-state index in [0.717, 1.165) is 4.90 Å². The van der Waals surface area contributed by atoms with Gasteiger partial charge in [-0.3, -0.25) is 9.59 Å². The van der Waals surface area contributed by atoms with Crippen LogP contribution in [0.2, 0.25) is 0 Å². The molecule has 0 unspecified atom stereocenters. The molecule has 1 aliphatic heterocycles. The molecule has 2 heterocycles. The average molecular weight is 404 g/mol. The number of amides is 4. The van der Waals surface area contributed by atoms with E-state index in [0.29, 0.717) is 10.7 Å². The molecule has 3 N–H and O–H groups in total. The number of ether oxygens (including phenoxy) is 2. The van der Waals surface area contributed by atoms with Gasteiger partial charge < -0.3 is 25.2 Å². The van der Waals surface area contributed by atoms with E-state index in [4.69, 9.17) is 9.47 Å². The highest BCUT2D eigenvalue weighted by Crippen LogP contribution is 2.37. The number of aromatic nitrogens is 1. The quantitative estimate of drug-likeness (QED) is 0.490. The van der Waals surface area contributed by atoms with E-state index in [1.165, 1.54) is 50.0 Å². The summed E-state index contributed by atoms with van der Waals surface area (Å²) in [6.07, 6.45) is 2.92. The van der Waals surface area contributed by atoms with Crippen LogP contribution in [0.3, 0.4) is 0 Å². The van der Waals surface area contributed by atoms with Crippen LogP contribution in [0.5, 0.6) is 17.2 Å². The normalized spacial score (nSPS) is 14.9. The fourth-order valence-corrected chi connectivity index (χ4v) is 3.01. The zero-order chi connectivity index (χ0) is 20.3. The number of carbonyl (C=O) groups excluding carboxylic acids is 3. The van der Waals surface area contributed by atoms with Gasteiger partial charge in [0.1, 0.15) is 12.2 Å². The number of hydrogen-bond acceptors (Lipinski definition) is 8. The first-order valence-electron chi connectivity index (χ1n) is 7.91. The van der Waals surface area contributed by atoms with Crippen LogP contribution in [0.25, 0.3) is 6.08 Å². The Morgan fingerprint density at radius 3 is 2.57 bits per heavy atom. The smallest absolute Gasteiger partial charge is 0.329 e. The van der Waals surface area contributed by atoms with Crippen molar-refractivity contribution >= 4 is 40.4 Å². The van der Waals surface area contributed by atoms with Gasteiger partial charge in [0, 0.05) is 11.6 Å². The number of thiazole rings is 1. The lowest BCUT2D eigenvalue weighted by atomic mass is 10.1. The first-order chi connectivity index (χ1) is 13.4.